The molecule has 0 aliphatic rings. The van der Waals surface area contributed by atoms with E-state index >= 15 is 0 Å². The molecule has 4 N–H and O–H groups in total. The van der Waals surface area contributed by atoms with Crippen LogP contribution in [0.25, 0.3) is 0 Å². The summed E-state index contributed by atoms with van der Waals surface area (Å²) >= 11 is 0. The smallest absolute Gasteiger partial charge is 0.358 e. The number of rotatable bonds is 6. The van der Waals surface area contributed by atoms with Crippen molar-refractivity contribution >= 4 is 5.97 Å². The Kier molecular flexibility index (Phi) is 4.19. The summed E-state index contributed by atoms with van der Waals surface area (Å²) in [6.07, 6.45) is 1.10. The Hall–Kier alpha value is -1.47. The molecule has 17 heavy (non-hydrogen) atoms. The molecule has 96 valence electrons. The molecule has 0 unspecified atom stereocenters. The summed E-state index contributed by atoms with van der Waals surface area (Å²) in [7, 11) is 0. The fraction of sp³-hybridized carbons (Fsp3) is 0.700. The van der Waals surface area contributed by atoms with E-state index in [2.05, 4.69) is 10.3 Å². The summed E-state index contributed by atoms with van der Waals surface area (Å²) in [5, 5.41) is 26.4. The minimum absolute atomic E-state index is 0.0259. The number of aliphatic hydroxyl groups is 1. The van der Waals surface area contributed by atoms with Crippen molar-refractivity contribution in [3.8, 4) is 0 Å². The van der Waals surface area contributed by atoms with Crippen LogP contribution in [0, 0.1) is 0 Å². The second kappa shape index (κ2) is 5.24. The molecular weight excluding hydrogens is 224 g/mol. The van der Waals surface area contributed by atoms with Gasteiger partial charge < -0.3 is 15.9 Å². The average molecular weight is 242 g/mol. The summed E-state index contributed by atoms with van der Waals surface area (Å²) in [4.78, 5) is 10.9. The normalized spacial score (nSPS) is 11.8. The Bertz CT molecular complexity index is 398. The van der Waals surface area contributed by atoms with E-state index in [9.17, 15) is 9.90 Å². The second-order valence-corrected chi connectivity index (χ2v) is 3.98. The van der Waals surface area contributed by atoms with Crippen LogP contribution in [0.15, 0.2) is 0 Å². The van der Waals surface area contributed by atoms with E-state index in [1.54, 1.807) is 0 Å². The van der Waals surface area contributed by atoms with Gasteiger partial charge in [-0.15, -0.1) is 5.10 Å². The van der Waals surface area contributed by atoms with Gasteiger partial charge in [0.2, 0.25) is 0 Å². The third kappa shape index (κ3) is 2.80. The number of carboxylic acids is 1. The number of hydrogen-bond donors (Lipinski definition) is 3. The Morgan fingerprint density at radius 1 is 1.47 bits per heavy atom. The van der Waals surface area contributed by atoms with Crippen molar-refractivity contribution in [3.63, 3.8) is 0 Å². The summed E-state index contributed by atoms with van der Waals surface area (Å²) in [6, 6.07) is 0. The van der Waals surface area contributed by atoms with Crippen LogP contribution in [-0.2, 0) is 13.1 Å². The average Bonchev–Trinajstić information content (AvgIpc) is 2.71. The first-order valence-electron chi connectivity index (χ1n) is 5.55. The molecule has 1 aromatic heterocycles. The number of carbonyl (C=O) groups is 1. The van der Waals surface area contributed by atoms with Gasteiger partial charge in [0.1, 0.15) is 0 Å². The zero-order valence-corrected chi connectivity index (χ0v) is 10.1. The summed E-state index contributed by atoms with van der Waals surface area (Å²) < 4.78 is 1.37. The number of aromatic carboxylic acids is 1. The van der Waals surface area contributed by atoms with Crippen LogP contribution < -0.4 is 5.73 Å². The molecule has 7 nitrogen and oxygen atoms in total. The first kappa shape index (κ1) is 13.6. The quantitative estimate of drug-likeness (QED) is 0.646. The van der Waals surface area contributed by atoms with Crippen LogP contribution in [-0.4, -0.2) is 36.8 Å². The van der Waals surface area contributed by atoms with Crippen molar-refractivity contribution in [2.45, 2.75) is 45.4 Å². The van der Waals surface area contributed by atoms with Crippen LogP contribution in [0.5, 0.6) is 0 Å². The standard InChI is InChI=1S/C10H18N4O3/c1-3-10(17,4-2)6-14-7(5-11)8(9(15)16)12-13-14/h17H,3-6,11H2,1-2H3,(H,15,16). The third-order valence-corrected chi connectivity index (χ3v) is 2.99. The lowest BCUT2D eigenvalue weighted by Gasteiger charge is -2.25. The van der Waals surface area contributed by atoms with Gasteiger partial charge in [0.05, 0.1) is 17.8 Å². The highest BCUT2D eigenvalue weighted by molar-refractivity contribution is 5.86. The van der Waals surface area contributed by atoms with E-state index < -0.39 is 11.6 Å². The molecule has 1 aromatic rings. The number of nitrogens with two attached hydrogens (primary N) is 1. The van der Waals surface area contributed by atoms with Gasteiger partial charge in [0, 0.05) is 6.54 Å². The molecule has 0 saturated heterocycles. The van der Waals surface area contributed by atoms with Crippen LogP contribution in [0.2, 0.25) is 0 Å². The maximum atomic E-state index is 10.9. The Morgan fingerprint density at radius 2 is 2.06 bits per heavy atom. The predicted octanol–water partition coefficient (Wildman–Crippen LogP) is -0.0139. The zero-order valence-electron chi connectivity index (χ0n) is 10.1. The lowest BCUT2D eigenvalue weighted by molar-refractivity contribution is 0.0106. The Balaban J connectivity index is 3.03. The van der Waals surface area contributed by atoms with E-state index in [1.165, 1.54) is 4.68 Å². The van der Waals surface area contributed by atoms with Crippen LogP contribution in [0.4, 0.5) is 0 Å². The highest BCUT2D eigenvalue weighted by atomic mass is 16.4. The lowest BCUT2D eigenvalue weighted by atomic mass is 9.97. The van der Waals surface area contributed by atoms with Crippen molar-refractivity contribution < 1.29 is 15.0 Å². The van der Waals surface area contributed by atoms with Crippen LogP contribution in [0.1, 0.15) is 42.9 Å². The lowest BCUT2D eigenvalue weighted by Crippen LogP contribution is -2.34. The second-order valence-electron chi connectivity index (χ2n) is 3.98. The molecule has 0 aromatic carbocycles. The third-order valence-electron chi connectivity index (χ3n) is 2.99. The van der Waals surface area contributed by atoms with Crippen molar-refractivity contribution in [3.05, 3.63) is 11.4 Å². The topological polar surface area (TPSA) is 114 Å². The molecule has 7 heteroatoms. The summed E-state index contributed by atoms with van der Waals surface area (Å²) in [6.45, 7) is 3.95. The maximum Gasteiger partial charge on any atom is 0.358 e. The van der Waals surface area contributed by atoms with E-state index in [-0.39, 0.29) is 18.8 Å². The largest absolute Gasteiger partial charge is 0.476 e. The van der Waals surface area contributed by atoms with Crippen molar-refractivity contribution in [1.29, 1.82) is 0 Å². The molecule has 0 bridgehead atoms. The fourth-order valence-electron chi connectivity index (χ4n) is 1.58. The maximum absolute atomic E-state index is 10.9. The van der Waals surface area contributed by atoms with Gasteiger partial charge in [-0.1, -0.05) is 19.1 Å². The predicted molar refractivity (Wildman–Crippen MR) is 60.4 cm³/mol. The Morgan fingerprint density at radius 3 is 2.47 bits per heavy atom. The fourth-order valence-corrected chi connectivity index (χ4v) is 1.58. The number of carboxylic acid groups (broad SMARTS) is 1. The molecule has 1 rings (SSSR count). The molecule has 0 spiro atoms. The van der Waals surface area contributed by atoms with Gasteiger partial charge in [-0.25, -0.2) is 9.48 Å². The van der Waals surface area contributed by atoms with Crippen molar-refractivity contribution in [2.24, 2.45) is 5.73 Å². The number of aromatic nitrogens is 3. The van der Waals surface area contributed by atoms with E-state index in [4.69, 9.17) is 10.8 Å². The van der Waals surface area contributed by atoms with Gasteiger partial charge in [-0.3, -0.25) is 0 Å². The molecule has 0 atom stereocenters. The van der Waals surface area contributed by atoms with Gasteiger partial charge in [0.15, 0.2) is 5.69 Å². The number of nitrogens with zero attached hydrogens (tertiary/aromatic N) is 3. The van der Waals surface area contributed by atoms with E-state index in [0.29, 0.717) is 18.5 Å². The molecule has 0 fully saturated rings. The first-order valence-corrected chi connectivity index (χ1v) is 5.55. The molecule has 1 heterocycles. The Labute approximate surface area is 99.2 Å². The van der Waals surface area contributed by atoms with Crippen LogP contribution in [0.3, 0.4) is 0 Å². The molecule has 0 saturated carbocycles. The molecular formula is C10H18N4O3. The highest BCUT2D eigenvalue weighted by Crippen LogP contribution is 2.18. The van der Waals surface area contributed by atoms with Crippen LogP contribution >= 0.6 is 0 Å². The van der Waals surface area contributed by atoms with Crippen molar-refractivity contribution in [2.75, 3.05) is 0 Å². The van der Waals surface area contributed by atoms with Gasteiger partial charge >= 0.3 is 5.97 Å². The summed E-state index contributed by atoms with van der Waals surface area (Å²) in [5.41, 5.74) is 4.76. The first-order chi connectivity index (χ1) is 7.97. The molecule has 0 aliphatic heterocycles. The SMILES string of the molecule is CCC(O)(CC)Cn1nnc(C(=O)O)c1CN. The van der Waals surface area contributed by atoms with Gasteiger partial charge in [-0.2, -0.15) is 0 Å². The zero-order chi connectivity index (χ0) is 13.1. The minimum atomic E-state index is -1.16. The van der Waals surface area contributed by atoms with Gasteiger partial charge in [-0.05, 0) is 12.8 Å². The number of hydrogen-bond acceptors (Lipinski definition) is 5. The van der Waals surface area contributed by atoms with Crippen molar-refractivity contribution in [1.82, 2.24) is 15.0 Å². The monoisotopic (exact) mass is 242 g/mol. The molecule has 0 amide bonds. The summed E-state index contributed by atoms with van der Waals surface area (Å²) in [5.74, 6) is -1.16. The highest BCUT2D eigenvalue weighted by Gasteiger charge is 2.26. The molecule has 0 radical (unpaired) electrons. The van der Waals surface area contributed by atoms with E-state index in [0.717, 1.165) is 0 Å². The minimum Gasteiger partial charge on any atom is -0.476 e. The van der Waals surface area contributed by atoms with Gasteiger partial charge in [0.25, 0.3) is 0 Å². The molecule has 0 aliphatic carbocycles. The van der Waals surface area contributed by atoms with E-state index in [1.807, 2.05) is 13.8 Å².